The van der Waals surface area contributed by atoms with Gasteiger partial charge in [0.15, 0.2) is 0 Å². The number of nitrogens with zero attached hydrogens (tertiary/aromatic N) is 2. The van der Waals surface area contributed by atoms with E-state index in [4.69, 9.17) is 5.84 Å². The first-order valence-corrected chi connectivity index (χ1v) is 4.73. The highest BCUT2D eigenvalue weighted by Crippen LogP contribution is 2.16. The van der Waals surface area contributed by atoms with Gasteiger partial charge in [0.1, 0.15) is 17.2 Å². The van der Waals surface area contributed by atoms with Crippen LogP contribution in [0.2, 0.25) is 0 Å². The molecular formula is C7H10N4O2S. The topological polar surface area (TPSA) is 90.1 Å². The maximum atomic E-state index is 10.8. The molecule has 1 aromatic rings. The summed E-state index contributed by atoms with van der Waals surface area (Å²) in [5.41, 5.74) is 2.39. The third kappa shape index (κ3) is 3.19. The Morgan fingerprint density at radius 3 is 3.14 bits per heavy atom. The summed E-state index contributed by atoms with van der Waals surface area (Å²) < 4.78 is 4.49. The van der Waals surface area contributed by atoms with Gasteiger partial charge < -0.3 is 10.2 Å². The summed E-state index contributed by atoms with van der Waals surface area (Å²) in [5, 5.41) is 0.665. The molecule has 0 fully saturated rings. The number of nitrogens with two attached hydrogens (primary N) is 1. The molecule has 76 valence electrons. The fraction of sp³-hybridized carbons (Fsp3) is 0.286. The summed E-state index contributed by atoms with van der Waals surface area (Å²) in [6.45, 7) is 0. The van der Waals surface area contributed by atoms with Crippen molar-refractivity contribution < 1.29 is 9.53 Å². The Labute approximate surface area is 85.2 Å². The van der Waals surface area contributed by atoms with Gasteiger partial charge in [-0.25, -0.2) is 15.8 Å². The Morgan fingerprint density at radius 1 is 1.71 bits per heavy atom. The molecule has 7 heteroatoms. The molecular weight excluding hydrogens is 204 g/mol. The number of ether oxygens (including phenoxy) is 1. The van der Waals surface area contributed by atoms with Gasteiger partial charge in [-0.1, -0.05) is 11.8 Å². The van der Waals surface area contributed by atoms with Gasteiger partial charge in [-0.2, -0.15) is 0 Å². The maximum Gasteiger partial charge on any atom is 0.316 e. The van der Waals surface area contributed by atoms with E-state index in [1.165, 1.54) is 25.2 Å². The van der Waals surface area contributed by atoms with E-state index in [2.05, 4.69) is 20.1 Å². The second kappa shape index (κ2) is 5.40. The van der Waals surface area contributed by atoms with Gasteiger partial charge in [-0.3, -0.25) is 4.79 Å². The molecule has 0 bridgehead atoms. The van der Waals surface area contributed by atoms with Crippen LogP contribution in [0.1, 0.15) is 0 Å². The molecule has 0 aliphatic rings. The van der Waals surface area contributed by atoms with Crippen LogP contribution in [-0.2, 0) is 9.53 Å². The lowest BCUT2D eigenvalue weighted by atomic mass is 10.6. The van der Waals surface area contributed by atoms with Crippen LogP contribution >= 0.6 is 11.8 Å². The number of anilines is 1. The predicted octanol–water partition coefficient (Wildman–Crippen LogP) is 0.0273. The van der Waals surface area contributed by atoms with E-state index in [0.29, 0.717) is 10.8 Å². The minimum Gasteiger partial charge on any atom is -0.468 e. The summed E-state index contributed by atoms with van der Waals surface area (Å²) in [5.74, 6) is 5.59. The second-order valence-electron chi connectivity index (χ2n) is 2.25. The number of rotatable bonds is 4. The SMILES string of the molecule is COC(=O)CSc1cc(NN)ncn1. The molecule has 0 aromatic carbocycles. The van der Waals surface area contributed by atoms with Crippen LogP contribution in [0.4, 0.5) is 5.82 Å². The first kappa shape index (κ1) is 10.7. The molecule has 14 heavy (non-hydrogen) atoms. The van der Waals surface area contributed by atoms with Crippen LogP contribution in [0.3, 0.4) is 0 Å². The third-order valence-corrected chi connectivity index (χ3v) is 2.25. The van der Waals surface area contributed by atoms with E-state index < -0.39 is 0 Å². The zero-order valence-electron chi connectivity index (χ0n) is 7.56. The van der Waals surface area contributed by atoms with Crippen molar-refractivity contribution >= 4 is 23.5 Å². The highest BCUT2D eigenvalue weighted by atomic mass is 32.2. The Bertz CT molecular complexity index is 320. The summed E-state index contributed by atoms with van der Waals surface area (Å²) >= 11 is 1.26. The number of hydrogen-bond acceptors (Lipinski definition) is 7. The summed E-state index contributed by atoms with van der Waals surface area (Å²) in [6.07, 6.45) is 1.37. The number of esters is 1. The minimum atomic E-state index is -0.295. The molecule has 0 spiro atoms. The third-order valence-electron chi connectivity index (χ3n) is 1.36. The maximum absolute atomic E-state index is 10.8. The van der Waals surface area contributed by atoms with Gasteiger partial charge in [0.25, 0.3) is 0 Å². The van der Waals surface area contributed by atoms with Crippen molar-refractivity contribution in [1.82, 2.24) is 9.97 Å². The minimum absolute atomic E-state index is 0.220. The Hall–Kier alpha value is -1.34. The predicted molar refractivity (Wildman–Crippen MR) is 52.6 cm³/mol. The molecule has 0 radical (unpaired) electrons. The van der Waals surface area contributed by atoms with E-state index in [-0.39, 0.29) is 11.7 Å². The van der Waals surface area contributed by atoms with Gasteiger partial charge in [0, 0.05) is 6.07 Å². The zero-order valence-corrected chi connectivity index (χ0v) is 8.37. The van der Waals surface area contributed by atoms with E-state index in [1.54, 1.807) is 6.07 Å². The number of carbonyl (C=O) groups is 1. The fourth-order valence-electron chi connectivity index (χ4n) is 0.689. The number of carbonyl (C=O) groups excluding carboxylic acids is 1. The summed E-state index contributed by atoms with van der Waals surface area (Å²) in [6, 6.07) is 1.65. The van der Waals surface area contributed by atoms with Crippen LogP contribution < -0.4 is 11.3 Å². The van der Waals surface area contributed by atoms with Crippen molar-refractivity contribution in [2.24, 2.45) is 5.84 Å². The second-order valence-corrected chi connectivity index (χ2v) is 3.25. The van der Waals surface area contributed by atoms with Gasteiger partial charge in [-0.15, -0.1) is 0 Å². The average Bonchev–Trinajstić information content (AvgIpc) is 2.26. The normalized spacial score (nSPS) is 9.57. The lowest BCUT2D eigenvalue weighted by Gasteiger charge is -2.01. The number of aromatic nitrogens is 2. The van der Waals surface area contributed by atoms with Gasteiger partial charge >= 0.3 is 5.97 Å². The molecule has 0 amide bonds. The van der Waals surface area contributed by atoms with Crippen LogP contribution in [0.15, 0.2) is 17.4 Å². The molecule has 0 atom stereocenters. The van der Waals surface area contributed by atoms with Gasteiger partial charge in [0.05, 0.1) is 12.9 Å². The first-order chi connectivity index (χ1) is 6.76. The standard InChI is InChI=1S/C7H10N4O2S/c1-13-7(12)3-14-6-2-5(11-8)9-4-10-6/h2,4H,3,8H2,1H3,(H,9,10,11). The summed E-state index contributed by atoms with van der Waals surface area (Å²) in [7, 11) is 1.34. The molecule has 3 N–H and O–H groups in total. The van der Waals surface area contributed by atoms with Crippen molar-refractivity contribution in [1.29, 1.82) is 0 Å². The smallest absolute Gasteiger partial charge is 0.316 e. The number of methoxy groups -OCH3 is 1. The molecule has 1 aromatic heterocycles. The largest absolute Gasteiger partial charge is 0.468 e. The molecule has 0 unspecified atom stereocenters. The van der Waals surface area contributed by atoms with Crippen LogP contribution in [-0.4, -0.2) is 28.8 Å². The summed E-state index contributed by atoms with van der Waals surface area (Å²) in [4.78, 5) is 18.6. The number of thioether (sulfide) groups is 1. The van der Waals surface area contributed by atoms with E-state index in [1.807, 2.05) is 0 Å². The Balaban J connectivity index is 2.54. The fourth-order valence-corrected chi connectivity index (χ4v) is 1.39. The van der Waals surface area contributed by atoms with Crippen LogP contribution in [0.5, 0.6) is 0 Å². The first-order valence-electron chi connectivity index (χ1n) is 3.74. The Morgan fingerprint density at radius 2 is 2.50 bits per heavy atom. The van der Waals surface area contributed by atoms with Gasteiger partial charge in [-0.05, 0) is 0 Å². The van der Waals surface area contributed by atoms with Crippen molar-refractivity contribution in [3.63, 3.8) is 0 Å². The molecule has 6 nitrogen and oxygen atoms in total. The lowest BCUT2D eigenvalue weighted by molar-refractivity contribution is -0.137. The number of hydrazine groups is 1. The monoisotopic (exact) mass is 214 g/mol. The van der Waals surface area contributed by atoms with Crippen molar-refractivity contribution in [3.05, 3.63) is 12.4 Å². The Kier molecular flexibility index (Phi) is 4.14. The van der Waals surface area contributed by atoms with Crippen molar-refractivity contribution in [3.8, 4) is 0 Å². The van der Waals surface area contributed by atoms with Crippen LogP contribution in [0, 0.1) is 0 Å². The number of hydrogen-bond donors (Lipinski definition) is 2. The zero-order chi connectivity index (χ0) is 10.4. The van der Waals surface area contributed by atoms with Crippen LogP contribution in [0.25, 0.3) is 0 Å². The lowest BCUT2D eigenvalue weighted by Crippen LogP contribution is -2.09. The molecule has 0 aliphatic heterocycles. The van der Waals surface area contributed by atoms with E-state index in [0.717, 1.165) is 0 Å². The molecule has 0 saturated heterocycles. The highest BCUT2D eigenvalue weighted by Gasteiger charge is 2.03. The van der Waals surface area contributed by atoms with Gasteiger partial charge in [0.2, 0.25) is 0 Å². The molecule has 1 rings (SSSR count). The van der Waals surface area contributed by atoms with E-state index >= 15 is 0 Å². The quantitative estimate of drug-likeness (QED) is 0.240. The molecule has 1 heterocycles. The molecule has 0 saturated carbocycles. The number of nitrogens with one attached hydrogen (secondary N) is 1. The highest BCUT2D eigenvalue weighted by molar-refractivity contribution is 7.99. The van der Waals surface area contributed by atoms with E-state index in [9.17, 15) is 4.79 Å². The van der Waals surface area contributed by atoms with Crippen molar-refractivity contribution in [2.45, 2.75) is 5.03 Å². The average molecular weight is 214 g/mol. The van der Waals surface area contributed by atoms with Crippen molar-refractivity contribution in [2.75, 3.05) is 18.3 Å². The molecule has 0 aliphatic carbocycles. The number of nitrogen functional groups attached to an aromatic ring is 1.